The fourth-order valence-electron chi connectivity index (χ4n) is 3.00. The Kier molecular flexibility index (Phi) is 4.86. The summed E-state index contributed by atoms with van der Waals surface area (Å²) in [7, 11) is 0. The van der Waals surface area contributed by atoms with Crippen molar-refractivity contribution in [3.8, 4) is 22.3 Å². The largest absolute Gasteiger partial charge is 0.399 e. The standard InChI is InChI=1S/C24H20N2S/c25-21-5-1-3-19(15-21)17-7-11-23(12-8-17)27-24-13-9-18(10-14-24)20-4-2-6-22(26)16-20/h1-16H,25-26H2. The Hall–Kier alpha value is -3.17. The summed E-state index contributed by atoms with van der Waals surface area (Å²) in [5, 5.41) is 0. The molecule has 0 fully saturated rings. The first kappa shape index (κ1) is 17.3. The number of benzene rings is 4. The lowest BCUT2D eigenvalue weighted by Gasteiger charge is -2.07. The van der Waals surface area contributed by atoms with Crippen LogP contribution in [0.3, 0.4) is 0 Å². The second-order valence-electron chi connectivity index (χ2n) is 6.40. The summed E-state index contributed by atoms with van der Waals surface area (Å²) in [5.41, 5.74) is 17.9. The first-order valence-corrected chi connectivity index (χ1v) is 9.59. The molecular formula is C24H20N2S. The number of anilines is 2. The number of hydrogen-bond donors (Lipinski definition) is 2. The zero-order valence-corrected chi connectivity index (χ0v) is 15.6. The summed E-state index contributed by atoms with van der Waals surface area (Å²) in [6, 6.07) is 33.1. The molecular weight excluding hydrogens is 348 g/mol. The zero-order valence-electron chi connectivity index (χ0n) is 14.8. The molecule has 0 spiro atoms. The number of nitrogens with two attached hydrogens (primary N) is 2. The van der Waals surface area contributed by atoms with Gasteiger partial charge in [0.1, 0.15) is 0 Å². The zero-order chi connectivity index (χ0) is 18.6. The van der Waals surface area contributed by atoms with Crippen LogP contribution in [0.25, 0.3) is 22.3 Å². The van der Waals surface area contributed by atoms with Gasteiger partial charge < -0.3 is 11.5 Å². The molecule has 4 N–H and O–H groups in total. The predicted molar refractivity (Wildman–Crippen MR) is 117 cm³/mol. The summed E-state index contributed by atoms with van der Waals surface area (Å²) in [4.78, 5) is 2.42. The van der Waals surface area contributed by atoms with Gasteiger partial charge in [-0.05, 0) is 70.8 Å². The van der Waals surface area contributed by atoms with Crippen molar-refractivity contribution in [1.82, 2.24) is 0 Å². The molecule has 0 radical (unpaired) electrons. The lowest BCUT2D eigenvalue weighted by Crippen LogP contribution is -1.85. The number of nitrogen functional groups attached to an aromatic ring is 2. The van der Waals surface area contributed by atoms with Crippen molar-refractivity contribution in [3.63, 3.8) is 0 Å². The Labute approximate surface area is 163 Å². The molecule has 0 saturated carbocycles. The minimum atomic E-state index is 0.784. The van der Waals surface area contributed by atoms with Gasteiger partial charge in [-0.2, -0.15) is 0 Å². The molecule has 0 aromatic heterocycles. The average molecular weight is 369 g/mol. The molecule has 0 saturated heterocycles. The molecule has 132 valence electrons. The van der Waals surface area contributed by atoms with Gasteiger partial charge in [0.15, 0.2) is 0 Å². The average Bonchev–Trinajstić information content (AvgIpc) is 2.69. The summed E-state index contributed by atoms with van der Waals surface area (Å²) in [5.74, 6) is 0. The maximum Gasteiger partial charge on any atom is 0.0320 e. The van der Waals surface area contributed by atoms with Gasteiger partial charge in [-0.3, -0.25) is 0 Å². The van der Waals surface area contributed by atoms with Crippen molar-refractivity contribution >= 4 is 23.1 Å². The van der Waals surface area contributed by atoms with Gasteiger partial charge in [0.05, 0.1) is 0 Å². The van der Waals surface area contributed by atoms with Crippen LogP contribution in [-0.2, 0) is 0 Å². The lowest BCUT2D eigenvalue weighted by molar-refractivity contribution is 1.40. The molecule has 4 rings (SSSR count). The Morgan fingerprint density at radius 1 is 0.444 bits per heavy atom. The SMILES string of the molecule is Nc1cccc(-c2ccc(Sc3ccc(-c4cccc(N)c4)cc3)cc2)c1. The molecule has 0 atom stereocenters. The van der Waals surface area contributed by atoms with Crippen LogP contribution in [0.15, 0.2) is 107 Å². The summed E-state index contributed by atoms with van der Waals surface area (Å²) < 4.78 is 0. The Bertz CT molecular complexity index is 967. The van der Waals surface area contributed by atoms with Crippen LogP contribution in [-0.4, -0.2) is 0 Å². The maximum absolute atomic E-state index is 5.88. The minimum absolute atomic E-state index is 0.784. The monoisotopic (exact) mass is 368 g/mol. The molecule has 0 bridgehead atoms. The van der Waals surface area contributed by atoms with Crippen molar-refractivity contribution in [2.75, 3.05) is 11.5 Å². The predicted octanol–water partition coefficient (Wildman–Crippen LogP) is 6.34. The second-order valence-corrected chi connectivity index (χ2v) is 7.55. The van der Waals surface area contributed by atoms with Gasteiger partial charge in [0.25, 0.3) is 0 Å². The fourth-order valence-corrected chi connectivity index (χ4v) is 3.82. The molecule has 4 aromatic rings. The van der Waals surface area contributed by atoms with Crippen molar-refractivity contribution in [2.24, 2.45) is 0 Å². The molecule has 0 aliphatic carbocycles. The van der Waals surface area contributed by atoms with Gasteiger partial charge in [-0.15, -0.1) is 0 Å². The molecule has 27 heavy (non-hydrogen) atoms. The molecule has 0 heterocycles. The van der Waals surface area contributed by atoms with Gasteiger partial charge >= 0.3 is 0 Å². The van der Waals surface area contributed by atoms with E-state index in [4.69, 9.17) is 11.5 Å². The van der Waals surface area contributed by atoms with Crippen LogP contribution in [0.1, 0.15) is 0 Å². The second kappa shape index (κ2) is 7.60. The lowest BCUT2D eigenvalue weighted by atomic mass is 10.1. The molecule has 0 unspecified atom stereocenters. The van der Waals surface area contributed by atoms with Crippen LogP contribution in [0, 0.1) is 0 Å². The first-order chi connectivity index (χ1) is 13.2. The van der Waals surface area contributed by atoms with Crippen LogP contribution in [0.2, 0.25) is 0 Å². The molecule has 0 aliphatic rings. The van der Waals surface area contributed by atoms with Crippen molar-refractivity contribution in [1.29, 1.82) is 0 Å². The fraction of sp³-hybridized carbons (Fsp3) is 0. The Balaban J connectivity index is 1.49. The summed E-state index contributed by atoms with van der Waals surface area (Å²) >= 11 is 1.75. The van der Waals surface area contributed by atoms with E-state index in [9.17, 15) is 0 Å². The van der Waals surface area contributed by atoms with E-state index in [-0.39, 0.29) is 0 Å². The van der Waals surface area contributed by atoms with E-state index in [1.54, 1.807) is 11.8 Å². The van der Waals surface area contributed by atoms with E-state index in [0.717, 1.165) is 22.5 Å². The van der Waals surface area contributed by atoms with Crippen LogP contribution in [0.4, 0.5) is 11.4 Å². The molecule has 2 nitrogen and oxygen atoms in total. The van der Waals surface area contributed by atoms with Crippen LogP contribution >= 0.6 is 11.8 Å². The highest BCUT2D eigenvalue weighted by molar-refractivity contribution is 7.99. The van der Waals surface area contributed by atoms with Gasteiger partial charge in [0, 0.05) is 21.2 Å². The minimum Gasteiger partial charge on any atom is -0.399 e. The van der Waals surface area contributed by atoms with Gasteiger partial charge in [-0.25, -0.2) is 0 Å². The Morgan fingerprint density at radius 3 is 1.22 bits per heavy atom. The van der Waals surface area contributed by atoms with Crippen molar-refractivity contribution in [3.05, 3.63) is 97.1 Å². The third-order valence-corrected chi connectivity index (χ3v) is 5.40. The third-order valence-electron chi connectivity index (χ3n) is 4.38. The normalized spacial score (nSPS) is 10.7. The van der Waals surface area contributed by atoms with Crippen molar-refractivity contribution < 1.29 is 0 Å². The summed E-state index contributed by atoms with van der Waals surface area (Å²) in [6.45, 7) is 0. The molecule has 0 amide bonds. The number of rotatable bonds is 4. The highest BCUT2D eigenvalue weighted by atomic mass is 32.2. The summed E-state index contributed by atoms with van der Waals surface area (Å²) in [6.07, 6.45) is 0. The third kappa shape index (κ3) is 4.15. The van der Waals surface area contributed by atoms with Gasteiger partial charge in [-0.1, -0.05) is 60.3 Å². The van der Waals surface area contributed by atoms with E-state index in [0.29, 0.717) is 0 Å². The van der Waals surface area contributed by atoms with Crippen LogP contribution in [0.5, 0.6) is 0 Å². The smallest absolute Gasteiger partial charge is 0.0320 e. The highest BCUT2D eigenvalue weighted by Crippen LogP contribution is 2.32. The van der Waals surface area contributed by atoms with E-state index >= 15 is 0 Å². The first-order valence-electron chi connectivity index (χ1n) is 8.77. The molecule has 4 aromatic carbocycles. The molecule has 0 aliphatic heterocycles. The van der Waals surface area contributed by atoms with E-state index in [1.807, 2.05) is 36.4 Å². The van der Waals surface area contributed by atoms with E-state index in [2.05, 4.69) is 60.7 Å². The van der Waals surface area contributed by atoms with E-state index in [1.165, 1.54) is 20.9 Å². The molecule has 3 heteroatoms. The quantitative estimate of drug-likeness (QED) is 0.413. The van der Waals surface area contributed by atoms with Gasteiger partial charge in [0.2, 0.25) is 0 Å². The Morgan fingerprint density at radius 2 is 0.852 bits per heavy atom. The van der Waals surface area contributed by atoms with Crippen LogP contribution < -0.4 is 11.5 Å². The highest BCUT2D eigenvalue weighted by Gasteiger charge is 2.03. The van der Waals surface area contributed by atoms with E-state index < -0.39 is 0 Å². The topological polar surface area (TPSA) is 52.0 Å². The number of hydrogen-bond acceptors (Lipinski definition) is 3. The maximum atomic E-state index is 5.88. The van der Waals surface area contributed by atoms with Crippen molar-refractivity contribution in [2.45, 2.75) is 9.79 Å².